The van der Waals surface area contributed by atoms with Crippen LogP contribution in [0.25, 0.3) is 11.1 Å². The molecule has 5 nitrogen and oxygen atoms in total. The maximum atomic E-state index is 14.0. The van der Waals surface area contributed by atoms with Crippen molar-refractivity contribution in [1.29, 1.82) is 0 Å². The number of hydrogen-bond donors (Lipinski definition) is 0. The third-order valence-electron chi connectivity index (χ3n) is 5.63. The Hall–Kier alpha value is -3.15. The molecule has 1 saturated heterocycles. The Bertz CT molecular complexity index is 1030. The van der Waals surface area contributed by atoms with E-state index in [9.17, 15) is 9.18 Å². The van der Waals surface area contributed by atoms with Crippen LogP contribution in [0.15, 0.2) is 55.0 Å². The van der Waals surface area contributed by atoms with E-state index in [1.54, 1.807) is 35.5 Å². The fourth-order valence-electron chi connectivity index (χ4n) is 3.95. The van der Waals surface area contributed by atoms with Crippen LogP contribution in [0.2, 0.25) is 0 Å². The normalized spacial score (nSPS) is 14.9. The highest BCUT2D eigenvalue weighted by Gasteiger charge is 2.28. The van der Waals surface area contributed by atoms with Crippen LogP contribution < -0.4 is 0 Å². The molecule has 0 bridgehead atoms. The summed E-state index contributed by atoms with van der Waals surface area (Å²) in [6.07, 6.45) is 6.99. The van der Waals surface area contributed by atoms with Gasteiger partial charge in [-0.25, -0.2) is 14.4 Å². The Morgan fingerprint density at radius 1 is 1.10 bits per heavy atom. The highest BCUT2D eigenvalue weighted by molar-refractivity contribution is 5.94. The first-order chi connectivity index (χ1) is 14.5. The molecule has 0 spiro atoms. The number of carbonyl (C=O) groups excluding carboxylic acids is 1. The smallest absolute Gasteiger partial charge is 0.256 e. The van der Waals surface area contributed by atoms with Crippen molar-refractivity contribution in [3.63, 3.8) is 0 Å². The fourth-order valence-corrected chi connectivity index (χ4v) is 3.95. The lowest BCUT2D eigenvalue weighted by atomic mass is 9.94. The third kappa shape index (κ3) is 4.08. The van der Waals surface area contributed by atoms with Gasteiger partial charge in [0.15, 0.2) is 0 Å². The molecule has 1 aliphatic rings. The van der Waals surface area contributed by atoms with Crippen LogP contribution in [0.4, 0.5) is 4.39 Å². The molecular formula is C24H25FN4O. The molecule has 1 aliphatic heterocycles. The Morgan fingerprint density at radius 3 is 2.47 bits per heavy atom. The summed E-state index contributed by atoms with van der Waals surface area (Å²) in [6.45, 7) is 5.41. The van der Waals surface area contributed by atoms with Crippen LogP contribution in [0.5, 0.6) is 0 Å². The zero-order valence-corrected chi connectivity index (χ0v) is 17.3. The number of benzene rings is 1. The van der Waals surface area contributed by atoms with Crippen LogP contribution in [0, 0.1) is 5.82 Å². The lowest BCUT2D eigenvalue weighted by molar-refractivity contribution is 0.0706. The van der Waals surface area contributed by atoms with Gasteiger partial charge >= 0.3 is 0 Å². The minimum absolute atomic E-state index is 0.135. The van der Waals surface area contributed by atoms with Crippen LogP contribution in [-0.4, -0.2) is 38.8 Å². The first kappa shape index (κ1) is 20.1. The van der Waals surface area contributed by atoms with Crippen molar-refractivity contribution in [3.8, 4) is 11.1 Å². The van der Waals surface area contributed by atoms with Gasteiger partial charge in [-0.2, -0.15) is 0 Å². The molecule has 6 heteroatoms. The molecule has 0 N–H and O–H groups in total. The van der Waals surface area contributed by atoms with E-state index in [-0.39, 0.29) is 23.3 Å². The van der Waals surface area contributed by atoms with E-state index in [4.69, 9.17) is 4.98 Å². The van der Waals surface area contributed by atoms with Crippen molar-refractivity contribution < 1.29 is 9.18 Å². The van der Waals surface area contributed by atoms with Gasteiger partial charge in [0.2, 0.25) is 0 Å². The molecule has 0 saturated carbocycles. The van der Waals surface area contributed by atoms with Crippen molar-refractivity contribution in [2.75, 3.05) is 13.1 Å². The highest BCUT2D eigenvalue weighted by Crippen LogP contribution is 2.31. The van der Waals surface area contributed by atoms with Gasteiger partial charge in [0, 0.05) is 43.2 Å². The van der Waals surface area contributed by atoms with Gasteiger partial charge < -0.3 is 4.90 Å². The van der Waals surface area contributed by atoms with Crippen LogP contribution in [0.3, 0.4) is 0 Å². The number of hydrogen-bond acceptors (Lipinski definition) is 4. The van der Waals surface area contributed by atoms with Gasteiger partial charge in [-0.1, -0.05) is 26.0 Å². The number of nitrogens with zero attached hydrogens (tertiary/aromatic N) is 4. The van der Waals surface area contributed by atoms with E-state index >= 15 is 0 Å². The van der Waals surface area contributed by atoms with E-state index in [1.165, 1.54) is 6.07 Å². The summed E-state index contributed by atoms with van der Waals surface area (Å²) < 4.78 is 14.0. The predicted molar refractivity (Wildman–Crippen MR) is 114 cm³/mol. The van der Waals surface area contributed by atoms with Gasteiger partial charge in [-0.05, 0) is 48.6 Å². The van der Waals surface area contributed by atoms with Crippen molar-refractivity contribution in [1.82, 2.24) is 19.9 Å². The minimum Gasteiger partial charge on any atom is -0.339 e. The van der Waals surface area contributed by atoms with E-state index in [0.29, 0.717) is 13.1 Å². The summed E-state index contributed by atoms with van der Waals surface area (Å²) in [7, 11) is 0. The summed E-state index contributed by atoms with van der Waals surface area (Å²) in [5, 5.41) is 0. The SMILES string of the molecule is CC(C)c1nc(C2CCN(C(=O)c3ccccc3F)CC2)ncc1-c1ccncc1. The van der Waals surface area contributed by atoms with Crippen LogP contribution in [-0.2, 0) is 0 Å². The average Bonchev–Trinajstić information content (AvgIpc) is 2.79. The van der Waals surface area contributed by atoms with Crippen molar-refractivity contribution in [3.05, 3.63) is 77.9 Å². The number of pyridine rings is 1. The summed E-state index contributed by atoms with van der Waals surface area (Å²) in [5.41, 5.74) is 3.25. The van der Waals surface area contributed by atoms with Crippen molar-refractivity contribution in [2.24, 2.45) is 0 Å². The number of carbonyl (C=O) groups is 1. The number of amides is 1. The molecule has 0 aliphatic carbocycles. The summed E-state index contributed by atoms with van der Waals surface area (Å²) in [6, 6.07) is 10.1. The zero-order valence-electron chi connectivity index (χ0n) is 17.3. The quantitative estimate of drug-likeness (QED) is 0.625. The van der Waals surface area contributed by atoms with Gasteiger partial charge in [0.25, 0.3) is 5.91 Å². The van der Waals surface area contributed by atoms with E-state index in [1.807, 2.05) is 18.3 Å². The van der Waals surface area contributed by atoms with E-state index < -0.39 is 5.82 Å². The maximum absolute atomic E-state index is 14.0. The number of aromatic nitrogens is 3. The second-order valence-electron chi connectivity index (χ2n) is 7.96. The minimum atomic E-state index is -0.471. The fraction of sp³-hybridized carbons (Fsp3) is 0.333. The van der Waals surface area contributed by atoms with Gasteiger partial charge in [0.05, 0.1) is 11.3 Å². The predicted octanol–water partition coefficient (Wildman–Crippen LogP) is 4.82. The van der Waals surface area contributed by atoms with Gasteiger partial charge in [-0.15, -0.1) is 0 Å². The molecule has 1 fully saturated rings. The standard InChI is InChI=1S/C24H25FN4O/c1-16(2)22-20(17-7-11-26-12-8-17)15-27-23(28-22)18-9-13-29(14-10-18)24(30)19-5-3-4-6-21(19)25/h3-8,11-12,15-16,18H,9-10,13-14H2,1-2H3. The first-order valence-electron chi connectivity index (χ1n) is 10.4. The average molecular weight is 404 g/mol. The molecule has 1 aromatic carbocycles. The van der Waals surface area contributed by atoms with Gasteiger partial charge in [-0.3, -0.25) is 9.78 Å². The number of halogens is 1. The van der Waals surface area contributed by atoms with Crippen molar-refractivity contribution in [2.45, 2.75) is 38.5 Å². The third-order valence-corrected chi connectivity index (χ3v) is 5.63. The molecule has 0 radical (unpaired) electrons. The van der Waals surface area contributed by atoms with E-state index in [2.05, 4.69) is 23.8 Å². The Balaban J connectivity index is 1.50. The highest BCUT2D eigenvalue weighted by atomic mass is 19.1. The molecule has 30 heavy (non-hydrogen) atoms. The summed E-state index contributed by atoms with van der Waals surface area (Å²) >= 11 is 0. The monoisotopic (exact) mass is 404 g/mol. The number of likely N-dealkylation sites (tertiary alicyclic amines) is 1. The molecular weight excluding hydrogens is 379 g/mol. The topological polar surface area (TPSA) is 59.0 Å². The van der Waals surface area contributed by atoms with Crippen molar-refractivity contribution >= 4 is 5.91 Å². The Morgan fingerprint density at radius 2 is 1.80 bits per heavy atom. The largest absolute Gasteiger partial charge is 0.339 e. The van der Waals surface area contributed by atoms with E-state index in [0.717, 1.165) is 35.5 Å². The molecule has 3 aromatic rings. The first-order valence-corrected chi connectivity index (χ1v) is 10.4. The number of rotatable bonds is 4. The zero-order chi connectivity index (χ0) is 21.1. The second kappa shape index (κ2) is 8.69. The molecule has 1 amide bonds. The molecule has 0 unspecified atom stereocenters. The molecule has 3 heterocycles. The lowest BCUT2D eigenvalue weighted by Gasteiger charge is -2.31. The molecule has 2 aromatic heterocycles. The lowest BCUT2D eigenvalue weighted by Crippen LogP contribution is -2.38. The number of piperidine rings is 1. The van der Waals surface area contributed by atoms with Crippen LogP contribution >= 0.6 is 0 Å². The molecule has 154 valence electrons. The second-order valence-corrected chi connectivity index (χ2v) is 7.96. The maximum Gasteiger partial charge on any atom is 0.256 e. The Kier molecular flexibility index (Phi) is 5.84. The summed E-state index contributed by atoms with van der Waals surface area (Å²) in [5.74, 6) is 0.565. The molecule has 4 rings (SSSR count). The Labute approximate surface area is 176 Å². The summed E-state index contributed by atoms with van der Waals surface area (Å²) in [4.78, 5) is 28.1. The molecule has 0 atom stereocenters. The van der Waals surface area contributed by atoms with Gasteiger partial charge in [0.1, 0.15) is 11.6 Å². The van der Waals surface area contributed by atoms with Crippen LogP contribution in [0.1, 0.15) is 60.4 Å².